The zero-order chi connectivity index (χ0) is 17.7. The topological polar surface area (TPSA) is 30.5 Å². The Morgan fingerprint density at radius 2 is 1.60 bits per heavy atom. The van der Waals surface area contributed by atoms with Crippen LogP contribution in [-0.4, -0.2) is 13.7 Å². The Morgan fingerprint density at radius 1 is 0.840 bits per heavy atom. The molecule has 0 aliphatic heterocycles. The van der Waals surface area contributed by atoms with E-state index in [9.17, 15) is 0 Å². The third kappa shape index (κ3) is 7.18. The first-order chi connectivity index (χ1) is 12.3. The molecule has 2 aromatic carbocycles. The lowest BCUT2D eigenvalue weighted by Gasteiger charge is -2.12. The molecular formula is C22H31NO2. The number of benzene rings is 2. The predicted molar refractivity (Wildman–Crippen MR) is 104 cm³/mol. The highest BCUT2D eigenvalue weighted by molar-refractivity contribution is 5.33. The molecule has 3 nitrogen and oxygen atoms in total. The van der Waals surface area contributed by atoms with Crippen LogP contribution in [0, 0.1) is 0 Å². The fourth-order valence-corrected chi connectivity index (χ4v) is 2.76. The highest BCUT2D eigenvalue weighted by atomic mass is 16.5. The largest absolute Gasteiger partial charge is 0.497 e. The zero-order valence-corrected chi connectivity index (χ0v) is 15.6. The summed E-state index contributed by atoms with van der Waals surface area (Å²) in [6.45, 7) is 4.68. The molecule has 136 valence electrons. The van der Waals surface area contributed by atoms with E-state index in [2.05, 4.69) is 42.6 Å². The molecule has 2 rings (SSSR count). The molecule has 3 heteroatoms. The number of hydrogen-bond acceptors (Lipinski definition) is 3. The number of ether oxygens (including phenoxy) is 2. The van der Waals surface area contributed by atoms with E-state index in [0.717, 1.165) is 37.6 Å². The molecule has 0 aliphatic carbocycles. The standard InChI is InChI=1S/C22H31NO2/c1-3-4-5-6-9-16-25-22-11-8-7-10-20(22)18-23-17-19-12-14-21(24-2)15-13-19/h7-8,10-15,23H,3-6,9,16-18H2,1-2H3. The smallest absolute Gasteiger partial charge is 0.123 e. The first-order valence-electron chi connectivity index (χ1n) is 9.38. The number of para-hydroxylation sites is 1. The number of methoxy groups -OCH3 is 1. The van der Waals surface area contributed by atoms with Gasteiger partial charge in [0, 0.05) is 18.7 Å². The zero-order valence-electron chi connectivity index (χ0n) is 15.6. The molecule has 1 N–H and O–H groups in total. The molecule has 0 aliphatic rings. The third-order valence-corrected chi connectivity index (χ3v) is 4.28. The van der Waals surface area contributed by atoms with Crippen molar-refractivity contribution in [1.29, 1.82) is 0 Å². The lowest BCUT2D eigenvalue weighted by atomic mass is 10.1. The van der Waals surface area contributed by atoms with Crippen molar-refractivity contribution in [1.82, 2.24) is 5.32 Å². The minimum Gasteiger partial charge on any atom is -0.497 e. The summed E-state index contributed by atoms with van der Waals surface area (Å²) in [5.74, 6) is 1.89. The van der Waals surface area contributed by atoms with E-state index >= 15 is 0 Å². The number of nitrogens with one attached hydrogen (secondary N) is 1. The molecule has 0 aromatic heterocycles. The molecule has 0 radical (unpaired) electrons. The molecule has 0 heterocycles. The summed E-state index contributed by atoms with van der Waals surface area (Å²) in [7, 11) is 1.69. The molecule has 0 amide bonds. The Kier molecular flexibility index (Phi) is 8.92. The van der Waals surface area contributed by atoms with Crippen LogP contribution in [0.25, 0.3) is 0 Å². The van der Waals surface area contributed by atoms with Crippen molar-refractivity contribution in [2.45, 2.75) is 52.1 Å². The van der Waals surface area contributed by atoms with Gasteiger partial charge in [-0.3, -0.25) is 0 Å². The van der Waals surface area contributed by atoms with Gasteiger partial charge in [-0.25, -0.2) is 0 Å². The van der Waals surface area contributed by atoms with Crippen molar-refractivity contribution in [2.24, 2.45) is 0 Å². The van der Waals surface area contributed by atoms with E-state index in [0.29, 0.717) is 0 Å². The van der Waals surface area contributed by atoms with Crippen molar-refractivity contribution in [3.63, 3.8) is 0 Å². The maximum atomic E-state index is 5.99. The Hall–Kier alpha value is -2.00. The summed E-state index contributed by atoms with van der Waals surface area (Å²) in [6.07, 6.45) is 6.31. The Bertz CT molecular complexity index is 595. The lowest BCUT2D eigenvalue weighted by Crippen LogP contribution is -2.13. The fraction of sp³-hybridized carbons (Fsp3) is 0.455. The second kappa shape index (κ2) is 11.5. The van der Waals surface area contributed by atoms with E-state index in [-0.39, 0.29) is 0 Å². The average Bonchev–Trinajstić information content (AvgIpc) is 2.66. The molecule has 0 fully saturated rings. The molecule has 0 spiro atoms. The minimum atomic E-state index is 0.804. The van der Waals surface area contributed by atoms with Crippen molar-refractivity contribution in [3.8, 4) is 11.5 Å². The van der Waals surface area contributed by atoms with E-state index < -0.39 is 0 Å². The van der Waals surface area contributed by atoms with Gasteiger partial charge < -0.3 is 14.8 Å². The molecule has 0 saturated carbocycles. The van der Waals surface area contributed by atoms with Crippen LogP contribution in [0.2, 0.25) is 0 Å². The number of rotatable bonds is 12. The maximum Gasteiger partial charge on any atom is 0.123 e. The summed E-state index contributed by atoms with van der Waals surface area (Å²) in [5, 5.41) is 3.49. The van der Waals surface area contributed by atoms with Crippen molar-refractivity contribution in [2.75, 3.05) is 13.7 Å². The molecule has 0 bridgehead atoms. The molecular weight excluding hydrogens is 310 g/mol. The molecule has 25 heavy (non-hydrogen) atoms. The van der Waals surface area contributed by atoms with Crippen molar-refractivity contribution >= 4 is 0 Å². The SMILES string of the molecule is CCCCCCCOc1ccccc1CNCc1ccc(OC)cc1. The van der Waals surface area contributed by atoms with Gasteiger partial charge in [-0.1, -0.05) is 62.9 Å². The highest BCUT2D eigenvalue weighted by Crippen LogP contribution is 2.19. The molecule has 2 aromatic rings. The van der Waals surface area contributed by atoms with Crippen LogP contribution in [0.4, 0.5) is 0 Å². The average molecular weight is 341 g/mol. The fourth-order valence-electron chi connectivity index (χ4n) is 2.76. The van der Waals surface area contributed by atoms with Crippen LogP contribution in [0.1, 0.15) is 50.2 Å². The summed E-state index contributed by atoms with van der Waals surface area (Å²) >= 11 is 0. The van der Waals surface area contributed by atoms with Gasteiger partial charge in [0.25, 0.3) is 0 Å². The summed E-state index contributed by atoms with van der Waals surface area (Å²) in [6, 6.07) is 16.5. The monoisotopic (exact) mass is 341 g/mol. The Morgan fingerprint density at radius 3 is 2.36 bits per heavy atom. The van der Waals surface area contributed by atoms with Gasteiger partial charge in [0.1, 0.15) is 11.5 Å². The Balaban J connectivity index is 1.75. The summed E-state index contributed by atoms with van der Waals surface area (Å²) in [5.41, 5.74) is 2.46. The van der Waals surface area contributed by atoms with Crippen LogP contribution in [0.15, 0.2) is 48.5 Å². The first kappa shape index (κ1) is 19.3. The molecule has 0 unspecified atom stereocenters. The van der Waals surface area contributed by atoms with Crippen LogP contribution >= 0.6 is 0 Å². The first-order valence-corrected chi connectivity index (χ1v) is 9.38. The summed E-state index contributed by atoms with van der Waals surface area (Å²) < 4.78 is 11.2. The molecule has 0 saturated heterocycles. The van der Waals surface area contributed by atoms with Gasteiger partial charge in [0.05, 0.1) is 13.7 Å². The van der Waals surface area contributed by atoms with E-state index in [1.807, 2.05) is 18.2 Å². The quantitative estimate of drug-likeness (QED) is 0.529. The molecule has 0 atom stereocenters. The Labute approximate surface area is 152 Å². The number of hydrogen-bond donors (Lipinski definition) is 1. The number of unbranched alkanes of at least 4 members (excludes halogenated alkanes) is 4. The van der Waals surface area contributed by atoms with Gasteiger partial charge in [0.15, 0.2) is 0 Å². The second-order valence-corrected chi connectivity index (χ2v) is 6.32. The van der Waals surface area contributed by atoms with E-state index in [1.54, 1.807) is 7.11 Å². The maximum absolute atomic E-state index is 5.99. The predicted octanol–water partition coefficient (Wildman–Crippen LogP) is 5.33. The normalized spacial score (nSPS) is 10.6. The second-order valence-electron chi connectivity index (χ2n) is 6.32. The highest BCUT2D eigenvalue weighted by Gasteiger charge is 2.03. The van der Waals surface area contributed by atoms with Gasteiger partial charge in [-0.05, 0) is 30.2 Å². The van der Waals surface area contributed by atoms with Crippen LogP contribution < -0.4 is 14.8 Å². The van der Waals surface area contributed by atoms with Crippen LogP contribution in [0.5, 0.6) is 11.5 Å². The van der Waals surface area contributed by atoms with Crippen molar-refractivity contribution in [3.05, 3.63) is 59.7 Å². The summed E-state index contributed by atoms with van der Waals surface area (Å²) in [4.78, 5) is 0. The van der Waals surface area contributed by atoms with Gasteiger partial charge in [0.2, 0.25) is 0 Å². The third-order valence-electron chi connectivity index (χ3n) is 4.28. The van der Waals surface area contributed by atoms with Crippen LogP contribution in [-0.2, 0) is 13.1 Å². The van der Waals surface area contributed by atoms with E-state index in [1.165, 1.54) is 36.8 Å². The van der Waals surface area contributed by atoms with Gasteiger partial charge in [-0.2, -0.15) is 0 Å². The lowest BCUT2D eigenvalue weighted by molar-refractivity contribution is 0.301. The minimum absolute atomic E-state index is 0.804. The van der Waals surface area contributed by atoms with Gasteiger partial charge in [-0.15, -0.1) is 0 Å². The van der Waals surface area contributed by atoms with Crippen LogP contribution in [0.3, 0.4) is 0 Å². The van der Waals surface area contributed by atoms with Crippen molar-refractivity contribution < 1.29 is 9.47 Å². The van der Waals surface area contributed by atoms with E-state index in [4.69, 9.17) is 9.47 Å². The van der Waals surface area contributed by atoms with Gasteiger partial charge >= 0.3 is 0 Å².